The molecule has 0 N–H and O–H groups in total. The second kappa shape index (κ2) is 3.45. The van der Waals surface area contributed by atoms with Crippen molar-refractivity contribution in [3.8, 4) is 0 Å². The minimum atomic E-state index is -1.50. The third kappa shape index (κ3) is 1.78. The highest BCUT2D eigenvalue weighted by Gasteiger charge is 2.10. The quantitative estimate of drug-likeness (QED) is 0.420. The average molecular weight is 208 g/mol. The van der Waals surface area contributed by atoms with Crippen molar-refractivity contribution in [3.63, 3.8) is 0 Å². The normalized spacial score (nSPS) is 10.0. The molecule has 0 aliphatic heterocycles. The fraction of sp³-hybridized carbons (Fsp3) is 0. The maximum absolute atomic E-state index is 12.5. The Kier molecular flexibility index (Phi) is 2.74. The summed E-state index contributed by atoms with van der Waals surface area (Å²) in [6, 6.07) is 1.60. The van der Waals surface area contributed by atoms with Crippen LogP contribution in [0.25, 0.3) is 0 Å². The van der Waals surface area contributed by atoms with Crippen molar-refractivity contribution in [2.45, 2.75) is 0 Å². The molecular weight excluding hydrogens is 205 g/mol. The van der Waals surface area contributed by atoms with Crippen molar-refractivity contribution >= 4 is 29.0 Å². The molecule has 1 aromatic carbocycles. The molecule has 1 aromatic rings. The monoisotopic (exact) mass is 208 g/mol. The van der Waals surface area contributed by atoms with E-state index in [0.29, 0.717) is 0 Å². The molecule has 0 atom stereocenters. The van der Waals surface area contributed by atoms with Gasteiger partial charge in [-0.1, -0.05) is 12.2 Å². The minimum absolute atomic E-state index is 0.0211. The lowest BCUT2D eigenvalue weighted by atomic mass is 10.2. The van der Waals surface area contributed by atoms with Gasteiger partial charge in [-0.05, 0) is 12.1 Å². The van der Waals surface area contributed by atoms with E-state index < -0.39 is 17.5 Å². The van der Waals surface area contributed by atoms with Gasteiger partial charge in [-0.15, -0.1) is 12.6 Å². The van der Waals surface area contributed by atoms with Crippen LogP contribution in [0.4, 0.5) is 13.2 Å². The van der Waals surface area contributed by atoms with E-state index in [1.54, 1.807) is 0 Å². The van der Waals surface area contributed by atoms with Crippen molar-refractivity contribution in [1.82, 2.24) is 0 Å². The fourth-order valence-electron chi connectivity index (χ4n) is 0.679. The van der Waals surface area contributed by atoms with E-state index in [4.69, 9.17) is 0 Å². The Balaban J connectivity index is 3.31. The van der Waals surface area contributed by atoms with Gasteiger partial charge in [-0.2, -0.15) is 0 Å². The summed E-state index contributed by atoms with van der Waals surface area (Å²) in [4.78, 5) is 0. The predicted molar refractivity (Wildman–Crippen MR) is 47.0 cm³/mol. The maximum Gasteiger partial charge on any atom is 0.194 e. The summed E-state index contributed by atoms with van der Waals surface area (Å²) < 4.78 is 37.4. The molecular formula is C7H3F3S2. The summed E-state index contributed by atoms with van der Waals surface area (Å²) in [7, 11) is 0. The Hall–Kier alpha value is -0.550. The molecule has 12 heavy (non-hydrogen) atoms. The van der Waals surface area contributed by atoms with Crippen LogP contribution in [-0.4, -0.2) is 4.20 Å². The standard InChI is InChI=1S/C7H3F3S2/c8-4-1-3(7(11)12)2-5(9)6(4)10/h1-2H,(H,11,12). The zero-order valence-corrected chi connectivity index (χ0v) is 7.35. The number of benzene rings is 1. The molecule has 0 spiro atoms. The van der Waals surface area contributed by atoms with Gasteiger partial charge in [0.15, 0.2) is 17.5 Å². The highest BCUT2D eigenvalue weighted by molar-refractivity contribution is 8.11. The van der Waals surface area contributed by atoms with Crippen LogP contribution >= 0.6 is 24.8 Å². The molecule has 0 fully saturated rings. The lowest BCUT2D eigenvalue weighted by molar-refractivity contribution is 0.447. The number of thiocarbonyl (C=S) groups is 1. The van der Waals surface area contributed by atoms with Gasteiger partial charge >= 0.3 is 0 Å². The summed E-state index contributed by atoms with van der Waals surface area (Å²) in [5, 5.41) is 0. The fourth-order valence-corrected chi connectivity index (χ4v) is 0.926. The number of hydrogen-bond acceptors (Lipinski definition) is 1. The summed E-state index contributed by atoms with van der Waals surface area (Å²) >= 11 is 8.23. The zero-order valence-electron chi connectivity index (χ0n) is 5.64. The van der Waals surface area contributed by atoms with Crippen LogP contribution in [0.15, 0.2) is 12.1 Å². The molecule has 0 amide bonds. The van der Waals surface area contributed by atoms with E-state index in [-0.39, 0.29) is 9.76 Å². The van der Waals surface area contributed by atoms with Gasteiger partial charge in [0.1, 0.15) is 0 Å². The van der Waals surface area contributed by atoms with Crippen molar-refractivity contribution in [2.24, 2.45) is 0 Å². The first kappa shape index (κ1) is 9.54. The smallest absolute Gasteiger partial charge is 0.194 e. The SMILES string of the molecule is Fc1cc(C(=S)S)cc(F)c1F. The second-order valence-corrected chi connectivity index (χ2v) is 3.22. The van der Waals surface area contributed by atoms with Crippen LogP contribution in [0.2, 0.25) is 0 Å². The average Bonchev–Trinajstić information content (AvgIpc) is 1.99. The van der Waals surface area contributed by atoms with Crippen LogP contribution in [0, 0.1) is 17.5 Å². The van der Waals surface area contributed by atoms with Crippen LogP contribution in [-0.2, 0) is 0 Å². The maximum atomic E-state index is 12.5. The van der Waals surface area contributed by atoms with Crippen molar-refractivity contribution in [3.05, 3.63) is 35.1 Å². The summed E-state index contributed by atoms with van der Waals surface area (Å²) in [5.74, 6) is -4.02. The van der Waals surface area contributed by atoms with Gasteiger partial charge in [0.2, 0.25) is 0 Å². The third-order valence-corrected chi connectivity index (χ3v) is 1.72. The lowest BCUT2D eigenvalue weighted by Gasteiger charge is -1.99. The van der Waals surface area contributed by atoms with Gasteiger partial charge < -0.3 is 0 Å². The van der Waals surface area contributed by atoms with Crippen LogP contribution < -0.4 is 0 Å². The molecule has 0 aliphatic rings. The molecule has 0 unspecified atom stereocenters. The van der Waals surface area contributed by atoms with E-state index in [2.05, 4.69) is 24.8 Å². The van der Waals surface area contributed by atoms with E-state index >= 15 is 0 Å². The minimum Gasteiger partial charge on any atom is -0.204 e. The zero-order chi connectivity index (χ0) is 9.30. The third-order valence-electron chi connectivity index (χ3n) is 1.23. The molecule has 5 heteroatoms. The highest BCUT2D eigenvalue weighted by atomic mass is 32.1. The van der Waals surface area contributed by atoms with Crippen LogP contribution in [0.3, 0.4) is 0 Å². The van der Waals surface area contributed by atoms with Gasteiger partial charge in [0.05, 0.1) is 4.20 Å². The Morgan fingerprint density at radius 1 is 1.17 bits per heavy atom. The van der Waals surface area contributed by atoms with Gasteiger partial charge in [-0.25, -0.2) is 13.2 Å². The predicted octanol–water partition coefficient (Wildman–Crippen LogP) is 2.71. The molecule has 0 heterocycles. The van der Waals surface area contributed by atoms with E-state index in [1.807, 2.05) is 0 Å². The summed E-state index contributed by atoms with van der Waals surface area (Å²) in [6.07, 6.45) is 0. The Morgan fingerprint density at radius 2 is 1.58 bits per heavy atom. The van der Waals surface area contributed by atoms with Crippen molar-refractivity contribution < 1.29 is 13.2 Å². The molecule has 0 saturated heterocycles. The van der Waals surface area contributed by atoms with E-state index in [1.165, 1.54) is 0 Å². The largest absolute Gasteiger partial charge is 0.204 e. The molecule has 0 nitrogen and oxygen atoms in total. The lowest BCUT2D eigenvalue weighted by Crippen LogP contribution is -1.96. The number of halogens is 3. The molecule has 0 saturated carbocycles. The molecule has 1 rings (SSSR count). The van der Waals surface area contributed by atoms with Gasteiger partial charge in [0, 0.05) is 5.56 Å². The number of thiol groups is 1. The number of rotatable bonds is 1. The molecule has 0 bridgehead atoms. The Labute approximate surface area is 77.8 Å². The van der Waals surface area contributed by atoms with Crippen molar-refractivity contribution in [1.29, 1.82) is 0 Å². The topological polar surface area (TPSA) is 0 Å². The van der Waals surface area contributed by atoms with Gasteiger partial charge in [-0.3, -0.25) is 0 Å². The number of hydrogen-bond donors (Lipinski definition) is 1. The molecule has 0 aromatic heterocycles. The van der Waals surface area contributed by atoms with Gasteiger partial charge in [0.25, 0.3) is 0 Å². The Morgan fingerprint density at radius 3 is 1.92 bits per heavy atom. The summed E-state index contributed by atoms with van der Waals surface area (Å²) in [5.41, 5.74) is 0.0599. The first-order valence-corrected chi connectivity index (χ1v) is 3.75. The Bertz CT molecular complexity index is 312. The molecule has 64 valence electrons. The van der Waals surface area contributed by atoms with Crippen LogP contribution in [0.1, 0.15) is 5.56 Å². The molecule has 0 aliphatic carbocycles. The summed E-state index contributed by atoms with van der Waals surface area (Å²) in [6.45, 7) is 0. The molecule has 0 radical (unpaired) electrons. The first-order chi connectivity index (χ1) is 5.52. The first-order valence-electron chi connectivity index (χ1n) is 2.90. The second-order valence-electron chi connectivity index (χ2n) is 2.06. The highest BCUT2D eigenvalue weighted by Crippen LogP contribution is 2.15. The van der Waals surface area contributed by atoms with Crippen molar-refractivity contribution in [2.75, 3.05) is 0 Å². The van der Waals surface area contributed by atoms with E-state index in [0.717, 1.165) is 12.1 Å². The van der Waals surface area contributed by atoms with E-state index in [9.17, 15) is 13.2 Å². The van der Waals surface area contributed by atoms with Crippen LogP contribution in [0.5, 0.6) is 0 Å².